The highest BCUT2D eigenvalue weighted by Crippen LogP contribution is 2.17. The minimum Gasteiger partial charge on any atom is -0.496 e. The maximum atomic E-state index is 11.2. The number of nitrogens with zero attached hydrogens (tertiary/aromatic N) is 1. The van der Waals surface area contributed by atoms with Crippen LogP contribution in [0.2, 0.25) is 0 Å². The van der Waals surface area contributed by atoms with Crippen molar-refractivity contribution < 1.29 is 19.5 Å². The van der Waals surface area contributed by atoms with Gasteiger partial charge in [-0.05, 0) is 18.2 Å². The van der Waals surface area contributed by atoms with E-state index in [0.29, 0.717) is 0 Å². The van der Waals surface area contributed by atoms with Gasteiger partial charge in [-0.2, -0.15) is 0 Å². The van der Waals surface area contributed by atoms with Crippen LogP contribution in [0.15, 0.2) is 48.5 Å². The quantitative estimate of drug-likeness (QED) is 0.577. The first-order chi connectivity index (χ1) is 12.2. The molecular formula is C19H25N3O3+2. The molecule has 0 saturated carbocycles. The molecule has 25 heavy (non-hydrogen) atoms. The number of methoxy groups -OCH3 is 1. The summed E-state index contributed by atoms with van der Waals surface area (Å²) in [5.74, 6) is 0.949. The van der Waals surface area contributed by atoms with E-state index in [2.05, 4.69) is 6.07 Å². The standard InChI is InChI=1S/C19H23N3O3/c1-25-19-9-5-3-7-17(19)15-21-12-10-20(11-13-21)14-16-6-2-4-8-18(16)22(23)24/h2-9H,10-15H2,1H3/p+2. The monoisotopic (exact) mass is 343 g/mol. The SMILES string of the molecule is COc1ccccc1C[NH+]1CC[NH+](Cc2ccccc2[N+](=O)[O-])CC1. The highest BCUT2D eigenvalue weighted by Gasteiger charge is 2.26. The first kappa shape index (κ1) is 17.4. The molecule has 0 amide bonds. The average Bonchev–Trinajstić information content (AvgIpc) is 2.64. The van der Waals surface area contributed by atoms with Gasteiger partial charge in [0.2, 0.25) is 0 Å². The number of nitro benzene ring substituents is 1. The van der Waals surface area contributed by atoms with E-state index in [1.165, 1.54) is 15.4 Å². The van der Waals surface area contributed by atoms with Crippen LogP contribution in [0.3, 0.4) is 0 Å². The van der Waals surface area contributed by atoms with Gasteiger partial charge in [0.15, 0.2) is 0 Å². The van der Waals surface area contributed by atoms with E-state index in [4.69, 9.17) is 4.74 Å². The predicted molar refractivity (Wildman–Crippen MR) is 94.9 cm³/mol. The van der Waals surface area contributed by atoms with Crippen LogP contribution in [-0.4, -0.2) is 38.2 Å². The molecule has 0 unspecified atom stereocenters. The van der Waals surface area contributed by atoms with Crippen LogP contribution in [0.5, 0.6) is 5.75 Å². The van der Waals surface area contributed by atoms with Gasteiger partial charge in [-0.15, -0.1) is 0 Å². The van der Waals surface area contributed by atoms with Gasteiger partial charge >= 0.3 is 0 Å². The number of piperazine rings is 1. The Bertz CT molecular complexity index is 727. The normalized spacial score (nSPS) is 20.2. The molecule has 1 heterocycles. The molecule has 1 aliphatic heterocycles. The molecule has 0 radical (unpaired) electrons. The van der Waals surface area contributed by atoms with E-state index in [1.54, 1.807) is 19.2 Å². The van der Waals surface area contributed by atoms with Gasteiger partial charge in [-0.25, -0.2) is 0 Å². The van der Waals surface area contributed by atoms with Crippen molar-refractivity contribution in [3.63, 3.8) is 0 Å². The summed E-state index contributed by atoms with van der Waals surface area (Å²) in [6, 6.07) is 15.2. The highest BCUT2D eigenvalue weighted by atomic mass is 16.6. The van der Waals surface area contributed by atoms with Crippen LogP contribution in [0.1, 0.15) is 11.1 Å². The maximum Gasteiger partial charge on any atom is 0.278 e. The summed E-state index contributed by atoms with van der Waals surface area (Å²) in [4.78, 5) is 13.8. The molecule has 2 aromatic rings. The zero-order chi connectivity index (χ0) is 17.6. The maximum absolute atomic E-state index is 11.2. The first-order valence-corrected chi connectivity index (χ1v) is 8.68. The van der Waals surface area contributed by atoms with Crippen molar-refractivity contribution in [1.82, 2.24) is 0 Å². The lowest BCUT2D eigenvalue weighted by molar-refractivity contribution is -1.02. The third kappa shape index (κ3) is 4.35. The smallest absolute Gasteiger partial charge is 0.278 e. The van der Waals surface area contributed by atoms with Crippen molar-refractivity contribution in [1.29, 1.82) is 0 Å². The number of hydrogen-bond donors (Lipinski definition) is 2. The second-order valence-corrected chi connectivity index (χ2v) is 6.55. The number of ether oxygens (including phenoxy) is 1. The van der Waals surface area contributed by atoms with Crippen LogP contribution in [0, 0.1) is 10.1 Å². The predicted octanol–water partition coefficient (Wildman–Crippen LogP) is 0.0870. The van der Waals surface area contributed by atoms with Crippen LogP contribution < -0.4 is 14.5 Å². The molecular weight excluding hydrogens is 318 g/mol. The number of rotatable bonds is 6. The van der Waals surface area contributed by atoms with E-state index >= 15 is 0 Å². The van der Waals surface area contributed by atoms with Crippen LogP contribution in [0.4, 0.5) is 5.69 Å². The molecule has 0 atom stereocenters. The van der Waals surface area contributed by atoms with Crippen molar-refractivity contribution >= 4 is 5.69 Å². The zero-order valence-corrected chi connectivity index (χ0v) is 14.5. The fourth-order valence-electron chi connectivity index (χ4n) is 3.54. The molecule has 6 nitrogen and oxygen atoms in total. The molecule has 6 heteroatoms. The number of quaternary nitrogens is 2. The van der Waals surface area contributed by atoms with E-state index in [0.717, 1.165) is 50.6 Å². The second kappa shape index (κ2) is 8.09. The number of para-hydroxylation sites is 2. The topological polar surface area (TPSA) is 61.2 Å². The Morgan fingerprint density at radius 2 is 1.44 bits per heavy atom. The Morgan fingerprint density at radius 3 is 2.04 bits per heavy atom. The number of nitro groups is 1. The molecule has 1 aliphatic rings. The molecule has 1 fully saturated rings. The van der Waals surface area contributed by atoms with Crippen molar-refractivity contribution in [3.05, 3.63) is 69.8 Å². The Hall–Kier alpha value is -2.44. The number of nitrogens with one attached hydrogen (secondary N) is 2. The van der Waals surface area contributed by atoms with Gasteiger partial charge in [0.1, 0.15) is 45.0 Å². The molecule has 0 aliphatic carbocycles. The van der Waals surface area contributed by atoms with Gasteiger partial charge in [0.05, 0.1) is 17.6 Å². The largest absolute Gasteiger partial charge is 0.496 e. The summed E-state index contributed by atoms with van der Waals surface area (Å²) < 4.78 is 5.44. The average molecular weight is 343 g/mol. The molecule has 2 aromatic carbocycles. The highest BCUT2D eigenvalue weighted by molar-refractivity contribution is 5.39. The Balaban J connectivity index is 1.57. The molecule has 3 rings (SSSR count). The molecule has 0 aromatic heterocycles. The van der Waals surface area contributed by atoms with Gasteiger partial charge in [-0.3, -0.25) is 10.1 Å². The van der Waals surface area contributed by atoms with Gasteiger partial charge in [-0.1, -0.05) is 24.3 Å². The van der Waals surface area contributed by atoms with Crippen molar-refractivity contribution in [2.45, 2.75) is 13.1 Å². The lowest BCUT2D eigenvalue weighted by atomic mass is 10.1. The zero-order valence-electron chi connectivity index (χ0n) is 14.5. The van der Waals surface area contributed by atoms with Crippen LogP contribution in [0.25, 0.3) is 0 Å². The summed E-state index contributed by atoms with van der Waals surface area (Å²) in [7, 11) is 1.71. The molecule has 1 saturated heterocycles. The van der Waals surface area contributed by atoms with E-state index in [1.807, 2.05) is 30.3 Å². The first-order valence-electron chi connectivity index (χ1n) is 8.68. The van der Waals surface area contributed by atoms with E-state index in [-0.39, 0.29) is 10.6 Å². The molecule has 0 spiro atoms. The van der Waals surface area contributed by atoms with Crippen LogP contribution in [-0.2, 0) is 13.1 Å². The third-order valence-corrected chi connectivity index (χ3v) is 4.93. The minimum absolute atomic E-state index is 0.235. The lowest BCUT2D eigenvalue weighted by Gasteiger charge is -2.30. The Kier molecular flexibility index (Phi) is 5.63. The Labute approximate surface area is 147 Å². The second-order valence-electron chi connectivity index (χ2n) is 6.55. The third-order valence-electron chi connectivity index (χ3n) is 4.93. The van der Waals surface area contributed by atoms with E-state index < -0.39 is 0 Å². The minimum atomic E-state index is -0.280. The summed E-state index contributed by atoms with van der Waals surface area (Å²) in [6.07, 6.45) is 0. The van der Waals surface area contributed by atoms with Gasteiger partial charge < -0.3 is 14.5 Å². The van der Waals surface area contributed by atoms with Crippen LogP contribution >= 0.6 is 0 Å². The van der Waals surface area contributed by atoms with Gasteiger partial charge in [0.25, 0.3) is 5.69 Å². The fraction of sp³-hybridized carbons (Fsp3) is 0.368. The fourth-order valence-corrected chi connectivity index (χ4v) is 3.54. The summed E-state index contributed by atoms with van der Waals surface area (Å²) in [6.45, 7) is 5.86. The number of benzene rings is 2. The summed E-state index contributed by atoms with van der Waals surface area (Å²) in [5, 5.41) is 11.2. The summed E-state index contributed by atoms with van der Waals surface area (Å²) in [5.41, 5.74) is 2.30. The Morgan fingerprint density at radius 1 is 0.920 bits per heavy atom. The van der Waals surface area contributed by atoms with Gasteiger partial charge in [0, 0.05) is 11.6 Å². The van der Waals surface area contributed by atoms with Crippen molar-refractivity contribution in [2.24, 2.45) is 0 Å². The van der Waals surface area contributed by atoms with E-state index in [9.17, 15) is 10.1 Å². The van der Waals surface area contributed by atoms with Crippen molar-refractivity contribution in [3.8, 4) is 5.75 Å². The molecule has 132 valence electrons. The molecule has 0 bridgehead atoms. The lowest BCUT2D eigenvalue weighted by Crippen LogP contribution is -3.27. The number of hydrogen-bond acceptors (Lipinski definition) is 3. The summed E-state index contributed by atoms with van der Waals surface area (Å²) >= 11 is 0. The van der Waals surface area contributed by atoms with Crippen molar-refractivity contribution in [2.75, 3.05) is 33.3 Å². The molecule has 2 N–H and O–H groups in total.